The molecule has 0 saturated carbocycles. The Morgan fingerprint density at radius 3 is 2.85 bits per heavy atom. The Kier molecular flexibility index (Phi) is 2.03. The summed E-state index contributed by atoms with van der Waals surface area (Å²) in [5.74, 6) is 0. The van der Waals surface area contributed by atoms with Crippen LogP contribution in [0.3, 0.4) is 0 Å². The fourth-order valence-corrected chi connectivity index (χ4v) is 1.36. The van der Waals surface area contributed by atoms with E-state index >= 15 is 0 Å². The number of hydrogen-bond donors (Lipinski definition) is 2. The topological polar surface area (TPSA) is 68.4 Å². The first-order valence-electron chi connectivity index (χ1n) is 4.18. The number of nitrogens with two attached hydrogens (primary N) is 1. The van der Waals surface area contributed by atoms with Crippen LogP contribution in [-0.2, 0) is 4.74 Å². The monoisotopic (exact) mass is 180 g/mol. The lowest BCUT2D eigenvalue weighted by Gasteiger charge is -2.40. The van der Waals surface area contributed by atoms with Crippen LogP contribution in [0.5, 0.6) is 0 Å². The van der Waals surface area contributed by atoms with E-state index in [1.54, 1.807) is 18.5 Å². The van der Waals surface area contributed by atoms with Crippen LogP contribution in [-0.4, -0.2) is 28.9 Å². The maximum Gasteiger partial charge on any atom is 0.130 e. The summed E-state index contributed by atoms with van der Waals surface area (Å²) in [6.07, 6.45) is 3.35. The minimum Gasteiger partial charge on any atom is -0.383 e. The van der Waals surface area contributed by atoms with E-state index in [2.05, 4.69) is 4.98 Å². The fraction of sp³-hybridized carbons (Fsp3) is 0.444. The molecule has 0 aliphatic carbocycles. The highest BCUT2D eigenvalue weighted by Crippen LogP contribution is 2.29. The van der Waals surface area contributed by atoms with Crippen molar-refractivity contribution in [1.82, 2.24) is 4.98 Å². The first kappa shape index (κ1) is 8.62. The molecule has 70 valence electrons. The van der Waals surface area contributed by atoms with Gasteiger partial charge in [-0.3, -0.25) is 4.98 Å². The van der Waals surface area contributed by atoms with Crippen LogP contribution in [0.4, 0.5) is 0 Å². The molecule has 13 heavy (non-hydrogen) atoms. The number of hydrogen-bond acceptors (Lipinski definition) is 4. The van der Waals surface area contributed by atoms with Crippen molar-refractivity contribution >= 4 is 0 Å². The standard InChI is InChI=1S/C9H12N2O2/c10-8(9(12)5-13-6-9)7-2-1-3-11-4-7/h1-4,8,12H,5-6,10H2. The molecule has 1 aliphatic rings. The van der Waals surface area contributed by atoms with Crippen LogP contribution in [0.15, 0.2) is 24.5 Å². The lowest BCUT2D eigenvalue weighted by atomic mass is 9.88. The first-order chi connectivity index (χ1) is 6.22. The number of aliphatic hydroxyl groups is 1. The number of ether oxygens (including phenoxy) is 1. The van der Waals surface area contributed by atoms with Crippen molar-refractivity contribution in [3.63, 3.8) is 0 Å². The van der Waals surface area contributed by atoms with Crippen molar-refractivity contribution in [3.8, 4) is 0 Å². The van der Waals surface area contributed by atoms with Crippen LogP contribution in [0, 0.1) is 0 Å². The van der Waals surface area contributed by atoms with Crippen molar-refractivity contribution in [1.29, 1.82) is 0 Å². The van der Waals surface area contributed by atoms with Crippen LogP contribution >= 0.6 is 0 Å². The van der Waals surface area contributed by atoms with E-state index in [4.69, 9.17) is 10.5 Å². The van der Waals surface area contributed by atoms with Gasteiger partial charge in [-0.25, -0.2) is 0 Å². The summed E-state index contributed by atoms with van der Waals surface area (Å²) in [5, 5.41) is 9.85. The van der Waals surface area contributed by atoms with Crippen LogP contribution in [0.2, 0.25) is 0 Å². The highest BCUT2D eigenvalue weighted by molar-refractivity contribution is 5.19. The molecule has 4 nitrogen and oxygen atoms in total. The second-order valence-corrected chi connectivity index (χ2v) is 3.36. The second kappa shape index (κ2) is 3.06. The zero-order valence-corrected chi connectivity index (χ0v) is 7.18. The van der Waals surface area contributed by atoms with Gasteiger partial charge in [0.15, 0.2) is 0 Å². The minimum atomic E-state index is -0.900. The summed E-state index contributed by atoms with van der Waals surface area (Å²) in [4.78, 5) is 3.95. The third-order valence-electron chi connectivity index (χ3n) is 2.33. The Morgan fingerprint density at radius 2 is 2.38 bits per heavy atom. The molecular weight excluding hydrogens is 168 g/mol. The van der Waals surface area contributed by atoms with Gasteiger partial charge in [-0.15, -0.1) is 0 Å². The van der Waals surface area contributed by atoms with E-state index < -0.39 is 11.6 Å². The molecule has 1 aromatic rings. The van der Waals surface area contributed by atoms with Crippen LogP contribution in [0.1, 0.15) is 11.6 Å². The summed E-state index contributed by atoms with van der Waals surface area (Å²) in [5.41, 5.74) is 5.81. The van der Waals surface area contributed by atoms with Crippen LogP contribution < -0.4 is 5.73 Å². The summed E-state index contributed by atoms with van der Waals surface area (Å²) >= 11 is 0. The molecule has 1 unspecified atom stereocenters. The van der Waals surface area contributed by atoms with Crippen molar-refractivity contribution < 1.29 is 9.84 Å². The van der Waals surface area contributed by atoms with Gasteiger partial charge in [0.05, 0.1) is 19.3 Å². The van der Waals surface area contributed by atoms with Gasteiger partial charge < -0.3 is 15.6 Å². The predicted molar refractivity (Wildman–Crippen MR) is 46.9 cm³/mol. The molecule has 2 heterocycles. The molecule has 0 bridgehead atoms. The summed E-state index contributed by atoms with van der Waals surface area (Å²) < 4.78 is 4.93. The van der Waals surface area contributed by atoms with E-state index in [1.165, 1.54) is 0 Å². The molecule has 1 aliphatic heterocycles. The Labute approximate surface area is 76.4 Å². The molecule has 4 heteroatoms. The van der Waals surface area contributed by atoms with Crippen molar-refractivity contribution in [3.05, 3.63) is 30.1 Å². The molecule has 1 aromatic heterocycles. The Bertz CT molecular complexity index is 285. The van der Waals surface area contributed by atoms with E-state index in [-0.39, 0.29) is 0 Å². The quantitative estimate of drug-likeness (QED) is 0.663. The number of pyridine rings is 1. The largest absolute Gasteiger partial charge is 0.383 e. The predicted octanol–water partition coefficient (Wildman–Crippen LogP) is -0.157. The molecule has 1 fully saturated rings. The van der Waals surface area contributed by atoms with Gasteiger partial charge in [0.1, 0.15) is 5.60 Å². The molecule has 1 saturated heterocycles. The molecule has 0 spiro atoms. The third kappa shape index (κ3) is 1.44. The first-order valence-corrected chi connectivity index (χ1v) is 4.18. The van der Waals surface area contributed by atoms with Crippen molar-refractivity contribution in [2.75, 3.05) is 13.2 Å². The molecular formula is C9H12N2O2. The zero-order valence-electron chi connectivity index (χ0n) is 7.18. The average Bonchev–Trinajstić information content (AvgIpc) is 2.14. The fourth-order valence-electron chi connectivity index (χ4n) is 1.36. The molecule has 0 amide bonds. The minimum absolute atomic E-state index is 0.309. The third-order valence-corrected chi connectivity index (χ3v) is 2.33. The van der Waals surface area contributed by atoms with Gasteiger partial charge in [-0.2, -0.15) is 0 Å². The van der Waals surface area contributed by atoms with Crippen molar-refractivity contribution in [2.24, 2.45) is 5.73 Å². The second-order valence-electron chi connectivity index (χ2n) is 3.36. The highest BCUT2D eigenvalue weighted by Gasteiger charge is 2.42. The summed E-state index contributed by atoms with van der Waals surface area (Å²) in [6, 6.07) is 3.25. The Morgan fingerprint density at radius 1 is 1.62 bits per heavy atom. The lowest BCUT2D eigenvalue weighted by Crippen LogP contribution is -2.56. The maximum absolute atomic E-state index is 9.85. The average molecular weight is 180 g/mol. The normalized spacial score (nSPS) is 22.0. The van der Waals surface area contributed by atoms with E-state index in [0.29, 0.717) is 13.2 Å². The maximum atomic E-state index is 9.85. The van der Waals surface area contributed by atoms with E-state index in [1.807, 2.05) is 6.07 Å². The lowest BCUT2D eigenvalue weighted by molar-refractivity contribution is -0.190. The molecule has 1 atom stereocenters. The molecule has 0 aromatic carbocycles. The molecule has 3 N–H and O–H groups in total. The SMILES string of the molecule is NC(c1cccnc1)C1(O)COC1. The Balaban J connectivity index is 2.17. The highest BCUT2D eigenvalue weighted by atomic mass is 16.5. The van der Waals surface area contributed by atoms with Crippen LogP contribution in [0.25, 0.3) is 0 Å². The van der Waals surface area contributed by atoms with E-state index in [0.717, 1.165) is 5.56 Å². The zero-order chi connectivity index (χ0) is 9.31. The van der Waals surface area contributed by atoms with Gasteiger partial charge in [0.25, 0.3) is 0 Å². The van der Waals surface area contributed by atoms with Crippen molar-refractivity contribution in [2.45, 2.75) is 11.6 Å². The number of nitrogens with zero attached hydrogens (tertiary/aromatic N) is 1. The number of aromatic nitrogens is 1. The van der Waals surface area contributed by atoms with Gasteiger partial charge in [0, 0.05) is 12.4 Å². The Hall–Kier alpha value is -0.970. The van der Waals surface area contributed by atoms with Gasteiger partial charge in [-0.1, -0.05) is 6.07 Å². The summed E-state index contributed by atoms with van der Waals surface area (Å²) in [6.45, 7) is 0.617. The molecule has 0 radical (unpaired) electrons. The number of rotatable bonds is 2. The van der Waals surface area contributed by atoms with Gasteiger partial charge in [0.2, 0.25) is 0 Å². The van der Waals surface area contributed by atoms with Gasteiger partial charge in [-0.05, 0) is 11.6 Å². The smallest absolute Gasteiger partial charge is 0.130 e. The summed E-state index contributed by atoms with van der Waals surface area (Å²) in [7, 11) is 0. The van der Waals surface area contributed by atoms with Gasteiger partial charge >= 0.3 is 0 Å². The molecule has 2 rings (SSSR count). The van der Waals surface area contributed by atoms with E-state index in [9.17, 15) is 5.11 Å².